The van der Waals surface area contributed by atoms with E-state index in [0.717, 1.165) is 63.5 Å². The lowest BCUT2D eigenvalue weighted by atomic mass is 9.97. The van der Waals surface area contributed by atoms with E-state index in [9.17, 15) is 4.79 Å². The number of aromatic nitrogens is 4. The number of nitrogens with two attached hydrogens (primary N) is 1. The van der Waals surface area contributed by atoms with Crippen LogP contribution in [-0.4, -0.2) is 80.7 Å². The number of likely N-dealkylation sites (tertiary alicyclic amines) is 1. The SMILES string of the molecule is CC[C@H]1CN(c2ncc(-c3nnc(C)o3)nc2C)CCN1C1CCN(C(=O)c2ccc(N)cc2)CC1. The molecule has 36 heavy (non-hydrogen) atoms. The van der Waals surface area contributed by atoms with Crippen LogP contribution in [0, 0.1) is 13.8 Å². The molecule has 10 nitrogen and oxygen atoms in total. The van der Waals surface area contributed by atoms with E-state index in [1.54, 1.807) is 25.3 Å². The highest BCUT2D eigenvalue weighted by molar-refractivity contribution is 5.94. The van der Waals surface area contributed by atoms with Gasteiger partial charge in [0.1, 0.15) is 11.5 Å². The van der Waals surface area contributed by atoms with Gasteiger partial charge in [-0.25, -0.2) is 9.97 Å². The number of rotatable bonds is 5. The largest absolute Gasteiger partial charge is 0.420 e. The third kappa shape index (κ3) is 4.90. The summed E-state index contributed by atoms with van der Waals surface area (Å²) in [4.78, 5) is 29.3. The maximum Gasteiger partial charge on any atom is 0.267 e. The predicted molar refractivity (Wildman–Crippen MR) is 138 cm³/mol. The quantitative estimate of drug-likeness (QED) is 0.539. The van der Waals surface area contributed by atoms with Crippen molar-refractivity contribution in [3.05, 3.63) is 47.6 Å². The van der Waals surface area contributed by atoms with Crippen LogP contribution in [0.5, 0.6) is 0 Å². The number of amides is 1. The van der Waals surface area contributed by atoms with Crippen molar-refractivity contribution in [2.45, 2.75) is 52.1 Å². The first kappa shape index (κ1) is 24.2. The van der Waals surface area contributed by atoms with Gasteiger partial charge in [-0.05, 0) is 50.5 Å². The minimum absolute atomic E-state index is 0.0958. The standard InChI is InChI=1S/C26H34N8O2/c1-4-21-16-33(24-17(2)29-23(15-28-24)25-31-30-18(3)36-25)13-14-34(21)22-9-11-32(12-10-22)26(35)19-5-7-20(27)8-6-19/h5-8,15,21-22H,4,9-14,16,27H2,1-3H3/t21-/m0/s1. The second kappa shape index (κ2) is 10.2. The lowest BCUT2D eigenvalue weighted by Crippen LogP contribution is -2.58. The van der Waals surface area contributed by atoms with E-state index < -0.39 is 0 Å². The van der Waals surface area contributed by atoms with Crippen LogP contribution in [0.2, 0.25) is 0 Å². The Morgan fingerprint density at radius 2 is 1.83 bits per heavy atom. The molecule has 2 saturated heterocycles. The monoisotopic (exact) mass is 490 g/mol. The van der Waals surface area contributed by atoms with Gasteiger partial charge in [0, 0.05) is 63.0 Å². The Morgan fingerprint density at radius 1 is 1.08 bits per heavy atom. The summed E-state index contributed by atoms with van der Waals surface area (Å²) in [5.74, 6) is 1.92. The van der Waals surface area contributed by atoms with Crippen LogP contribution in [0.3, 0.4) is 0 Å². The molecule has 1 aromatic carbocycles. The minimum Gasteiger partial charge on any atom is -0.420 e. The summed E-state index contributed by atoms with van der Waals surface area (Å²) in [6, 6.07) is 8.13. The van der Waals surface area contributed by atoms with E-state index in [4.69, 9.17) is 15.1 Å². The Balaban J connectivity index is 1.20. The highest BCUT2D eigenvalue weighted by Crippen LogP contribution is 2.28. The van der Waals surface area contributed by atoms with E-state index in [1.165, 1.54) is 0 Å². The smallest absolute Gasteiger partial charge is 0.267 e. The van der Waals surface area contributed by atoms with E-state index >= 15 is 0 Å². The summed E-state index contributed by atoms with van der Waals surface area (Å²) in [6.45, 7) is 10.3. The minimum atomic E-state index is 0.0958. The molecule has 0 saturated carbocycles. The highest BCUT2D eigenvalue weighted by atomic mass is 16.4. The predicted octanol–water partition coefficient (Wildman–Crippen LogP) is 2.93. The van der Waals surface area contributed by atoms with Crippen LogP contribution in [0.4, 0.5) is 11.5 Å². The lowest BCUT2D eigenvalue weighted by molar-refractivity contribution is 0.0490. The van der Waals surface area contributed by atoms with Crippen molar-refractivity contribution >= 4 is 17.4 Å². The van der Waals surface area contributed by atoms with Gasteiger partial charge in [0.25, 0.3) is 11.8 Å². The Bertz CT molecular complexity index is 1200. The lowest BCUT2D eigenvalue weighted by Gasteiger charge is -2.47. The Hall–Kier alpha value is -3.53. The highest BCUT2D eigenvalue weighted by Gasteiger charge is 2.35. The van der Waals surface area contributed by atoms with Crippen molar-refractivity contribution < 1.29 is 9.21 Å². The summed E-state index contributed by atoms with van der Waals surface area (Å²) in [6.07, 6.45) is 4.77. The van der Waals surface area contributed by atoms with E-state index in [1.807, 2.05) is 24.0 Å². The molecule has 4 heterocycles. The number of anilines is 2. The fourth-order valence-electron chi connectivity index (χ4n) is 5.40. The van der Waals surface area contributed by atoms with Gasteiger partial charge in [-0.15, -0.1) is 10.2 Å². The van der Waals surface area contributed by atoms with Crippen molar-refractivity contribution in [2.24, 2.45) is 0 Å². The number of nitrogen functional groups attached to an aromatic ring is 1. The molecule has 190 valence electrons. The molecule has 2 N–H and O–H groups in total. The van der Waals surface area contributed by atoms with Crippen LogP contribution < -0.4 is 10.6 Å². The van der Waals surface area contributed by atoms with Gasteiger partial charge in [-0.1, -0.05) is 6.92 Å². The number of aryl methyl sites for hydroxylation is 2. The first-order valence-electron chi connectivity index (χ1n) is 12.7. The van der Waals surface area contributed by atoms with Gasteiger partial charge in [-0.3, -0.25) is 9.69 Å². The average Bonchev–Trinajstić information content (AvgIpc) is 3.34. The van der Waals surface area contributed by atoms with Crippen molar-refractivity contribution in [3.63, 3.8) is 0 Å². The van der Waals surface area contributed by atoms with Crippen LogP contribution >= 0.6 is 0 Å². The summed E-state index contributed by atoms with van der Waals surface area (Å²) in [5.41, 5.74) is 8.61. The van der Waals surface area contributed by atoms with E-state index in [2.05, 4.69) is 31.9 Å². The van der Waals surface area contributed by atoms with Gasteiger partial charge in [0.05, 0.1) is 11.9 Å². The first-order chi connectivity index (χ1) is 17.4. The fourth-order valence-corrected chi connectivity index (χ4v) is 5.40. The molecule has 2 aromatic heterocycles. The molecule has 0 bridgehead atoms. The van der Waals surface area contributed by atoms with Crippen LogP contribution in [0.1, 0.15) is 48.1 Å². The first-order valence-corrected chi connectivity index (χ1v) is 12.7. The number of carbonyl (C=O) groups is 1. The Morgan fingerprint density at radius 3 is 2.47 bits per heavy atom. The topological polar surface area (TPSA) is 118 Å². The van der Waals surface area contributed by atoms with Crippen LogP contribution in [0.15, 0.2) is 34.9 Å². The van der Waals surface area contributed by atoms with E-state index in [-0.39, 0.29) is 5.91 Å². The second-order valence-electron chi connectivity index (χ2n) is 9.68. The molecule has 0 unspecified atom stereocenters. The van der Waals surface area contributed by atoms with Gasteiger partial charge in [0.2, 0.25) is 5.89 Å². The molecule has 2 aliphatic rings. The molecule has 0 aliphatic carbocycles. The molecule has 0 spiro atoms. The third-order valence-corrected chi connectivity index (χ3v) is 7.34. The van der Waals surface area contributed by atoms with Crippen LogP contribution in [-0.2, 0) is 0 Å². The Kier molecular flexibility index (Phi) is 6.86. The number of hydrogen-bond acceptors (Lipinski definition) is 9. The number of piperidine rings is 1. The molecule has 10 heteroatoms. The molecule has 2 aliphatic heterocycles. The maximum atomic E-state index is 12.9. The normalized spacial score (nSPS) is 19.6. The van der Waals surface area contributed by atoms with Crippen molar-refractivity contribution in [1.82, 2.24) is 30.0 Å². The molecular weight excluding hydrogens is 456 g/mol. The summed E-state index contributed by atoms with van der Waals surface area (Å²) >= 11 is 0. The molecule has 3 aromatic rings. The summed E-state index contributed by atoms with van der Waals surface area (Å²) in [7, 11) is 0. The summed E-state index contributed by atoms with van der Waals surface area (Å²) < 4.78 is 5.50. The number of carbonyl (C=O) groups excluding carboxylic acids is 1. The van der Waals surface area contributed by atoms with Gasteiger partial charge in [0.15, 0.2) is 0 Å². The van der Waals surface area contributed by atoms with Crippen molar-refractivity contribution in [2.75, 3.05) is 43.4 Å². The van der Waals surface area contributed by atoms with E-state index in [0.29, 0.717) is 40.8 Å². The molecule has 5 rings (SSSR count). The zero-order chi connectivity index (χ0) is 25.2. The average molecular weight is 491 g/mol. The molecule has 2 fully saturated rings. The van der Waals surface area contributed by atoms with Gasteiger partial charge < -0.3 is 20.0 Å². The zero-order valence-corrected chi connectivity index (χ0v) is 21.2. The molecule has 1 amide bonds. The molecular formula is C26H34N8O2. The number of piperazine rings is 1. The summed E-state index contributed by atoms with van der Waals surface area (Å²) in [5, 5.41) is 7.94. The molecule has 0 radical (unpaired) electrons. The van der Waals surface area contributed by atoms with Crippen LogP contribution in [0.25, 0.3) is 11.6 Å². The van der Waals surface area contributed by atoms with Gasteiger partial charge in [-0.2, -0.15) is 0 Å². The zero-order valence-electron chi connectivity index (χ0n) is 21.2. The van der Waals surface area contributed by atoms with Crippen molar-refractivity contribution in [3.8, 4) is 11.6 Å². The fraction of sp³-hybridized carbons (Fsp3) is 0.500. The molecule has 1 atom stereocenters. The maximum absolute atomic E-state index is 12.9. The Labute approximate surface area is 211 Å². The second-order valence-corrected chi connectivity index (χ2v) is 9.68. The number of nitrogens with zero attached hydrogens (tertiary/aromatic N) is 7. The van der Waals surface area contributed by atoms with Gasteiger partial charge >= 0.3 is 0 Å². The number of benzene rings is 1. The van der Waals surface area contributed by atoms with Crippen molar-refractivity contribution in [1.29, 1.82) is 0 Å². The third-order valence-electron chi connectivity index (χ3n) is 7.34. The number of hydrogen-bond donors (Lipinski definition) is 1.